The maximum absolute atomic E-state index is 12.9. The quantitative estimate of drug-likeness (QED) is 0.674. The molecular formula is C17H19F3N2O3S. The van der Waals surface area contributed by atoms with Gasteiger partial charge < -0.3 is 9.64 Å². The van der Waals surface area contributed by atoms with Crippen LogP contribution in [0.15, 0.2) is 23.7 Å². The van der Waals surface area contributed by atoms with E-state index in [0.717, 1.165) is 9.78 Å². The van der Waals surface area contributed by atoms with Crippen molar-refractivity contribution in [3.63, 3.8) is 0 Å². The highest BCUT2D eigenvalue weighted by Crippen LogP contribution is 2.49. The number of amides is 2. The van der Waals surface area contributed by atoms with Gasteiger partial charge in [-0.15, -0.1) is 11.3 Å². The van der Waals surface area contributed by atoms with E-state index in [0.29, 0.717) is 18.7 Å². The summed E-state index contributed by atoms with van der Waals surface area (Å²) >= 11 is 1.32. The normalized spacial score (nSPS) is 22.7. The molecule has 142 valence electrons. The lowest BCUT2D eigenvalue weighted by molar-refractivity contribution is -0.170. The predicted octanol–water partition coefficient (Wildman–Crippen LogP) is 4.05. The van der Waals surface area contributed by atoms with Crippen LogP contribution in [0.3, 0.4) is 0 Å². The molecule has 0 aliphatic carbocycles. The molecule has 1 unspecified atom stereocenters. The monoisotopic (exact) mass is 388 g/mol. The molecule has 9 heteroatoms. The number of carbonyl (C=O) groups excluding carboxylic acids is 2. The highest BCUT2D eigenvalue weighted by atomic mass is 32.1. The standard InChI is InChI=1S/C17H19F3N2O3S/c1-15(2,3)25-14(24)21-7-5-16(6-8-21)10-22(13(23)17(18,19)20)11-4-9-26-12(11)16/h4-5,7,9H,6,8,10H2,1-3H3. The molecule has 0 saturated heterocycles. The third-order valence-corrected chi connectivity index (χ3v) is 5.44. The Morgan fingerprint density at radius 3 is 2.50 bits per heavy atom. The van der Waals surface area contributed by atoms with Crippen molar-refractivity contribution in [2.75, 3.05) is 18.0 Å². The average molecular weight is 388 g/mol. The van der Waals surface area contributed by atoms with E-state index in [2.05, 4.69) is 0 Å². The minimum absolute atomic E-state index is 0.0774. The number of thiophene rings is 1. The SMILES string of the molecule is CC(C)(C)OC(=O)N1C=CC2(CC1)CN(C(=O)C(F)(F)F)c1ccsc12. The summed E-state index contributed by atoms with van der Waals surface area (Å²) in [5, 5.41) is 1.68. The summed E-state index contributed by atoms with van der Waals surface area (Å²) < 4.78 is 44.0. The van der Waals surface area contributed by atoms with E-state index in [1.165, 1.54) is 22.3 Å². The molecule has 2 amide bonds. The second-order valence-electron chi connectivity index (χ2n) is 7.42. The molecule has 3 heterocycles. The summed E-state index contributed by atoms with van der Waals surface area (Å²) in [5.41, 5.74) is -1.04. The number of fused-ring (bicyclic) bond motifs is 2. The zero-order valence-corrected chi connectivity index (χ0v) is 15.4. The van der Waals surface area contributed by atoms with E-state index in [1.807, 2.05) is 0 Å². The number of nitrogens with zero attached hydrogens (tertiary/aromatic N) is 2. The first-order valence-electron chi connectivity index (χ1n) is 8.09. The lowest BCUT2D eigenvalue weighted by Gasteiger charge is -2.34. The average Bonchev–Trinajstić information content (AvgIpc) is 3.08. The molecule has 2 aliphatic heterocycles. The predicted molar refractivity (Wildman–Crippen MR) is 91.1 cm³/mol. The molecule has 5 nitrogen and oxygen atoms in total. The molecular weight excluding hydrogens is 369 g/mol. The number of hydrogen-bond acceptors (Lipinski definition) is 4. The third-order valence-electron chi connectivity index (χ3n) is 4.32. The van der Waals surface area contributed by atoms with Crippen LogP contribution in [-0.2, 0) is 14.9 Å². The Balaban J connectivity index is 1.84. The van der Waals surface area contributed by atoms with Gasteiger partial charge in [0, 0.05) is 29.6 Å². The fourth-order valence-corrected chi connectivity index (χ4v) is 4.27. The van der Waals surface area contributed by atoms with E-state index in [1.54, 1.807) is 38.4 Å². The highest BCUT2D eigenvalue weighted by molar-refractivity contribution is 7.10. The van der Waals surface area contributed by atoms with Crippen LogP contribution in [0.25, 0.3) is 0 Å². The van der Waals surface area contributed by atoms with Crippen molar-refractivity contribution in [2.24, 2.45) is 0 Å². The van der Waals surface area contributed by atoms with E-state index in [4.69, 9.17) is 4.74 Å². The molecule has 0 N–H and O–H groups in total. The van der Waals surface area contributed by atoms with Crippen molar-refractivity contribution >= 4 is 29.0 Å². The van der Waals surface area contributed by atoms with Gasteiger partial charge in [0.15, 0.2) is 0 Å². The van der Waals surface area contributed by atoms with Gasteiger partial charge in [0.25, 0.3) is 0 Å². The molecule has 0 saturated carbocycles. The van der Waals surface area contributed by atoms with Crippen LogP contribution >= 0.6 is 11.3 Å². The second kappa shape index (κ2) is 6.00. The smallest absolute Gasteiger partial charge is 0.443 e. The van der Waals surface area contributed by atoms with Crippen molar-refractivity contribution in [3.05, 3.63) is 28.6 Å². The minimum Gasteiger partial charge on any atom is -0.443 e. The van der Waals surface area contributed by atoms with Gasteiger partial charge in [0.2, 0.25) is 0 Å². The Bertz CT molecular complexity index is 766. The lowest BCUT2D eigenvalue weighted by Crippen LogP contribution is -2.46. The first-order chi connectivity index (χ1) is 11.9. The molecule has 1 atom stereocenters. The summed E-state index contributed by atoms with van der Waals surface area (Å²) in [6.07, 6.45) is -1.76. The molecule has 0 radical (unpaired) electrons. The summed E-state index contributed by atoms with van der Waals surface area (Å²) in [7, 11) is 0. The maximum atomic E-state index is 12.9. The first kappa shape index (κ1) is 18.8. The molecule has 26 heavy (non-hydrogen) atoms. The largest absolute Gasteiger partial charge is 0.471 e. The van der Waals surface area contributed by atoms with Gasteiger partial charge in [-0.3, -0.25) is 9.69 Å². The topological polar surface area (TPSA) is 49.9 Å². The third kappa shape index (κ3) is 3.32. The Labute approximate surface area is 153 Å². The van der Waals surface area contributed by atoms with Crippen LogP contribution in [-0.4, -0.2) is 41.8 Å². The number of anilines is 1. The Hall–Kier alpha value is -2.03. The fraction of sp³-hybridized carbons (Fsp3) is 0.529. The zero-order chi connectivity index (χ0) is 19.3. The minimum atomic E-state index is -4.92. The number of ether oxygens (including phenoxy) is 1. The Morgan fingerprint density at radius 1 is 1.27 bits per heavy atom. The van der Waals surface area contributed by atoms with Gasteiger partial charge in [-0.2, -0.15) is 13.2 Å². The molecule has 3 rings (SSSR count). The maximum Gasteiger partial charge on any atom is 0.471 e. The molecule has 0 aromatic carbocycles. The first-order valence-corrected chi connectivity index (χ1v) is 8.97. The highest BCUT2D eigenvalue weighted by Gasteiger charge is 2.52. The van der Waals surface area contributed by atoms with Gasteiger partial charge in [0.05, 0.1) is 5.69 Å². The lowest BCUT2D eigenvalue weighted by atomic mass is 9.82. The van der Waals surface area contributed by atoms with Crippen LogP contribution in [0.4, 0.5) is 23.7 Å². The van der Waals surface area contributed by atoms with E-state index >= 15 is 0 Å². The van der Waals surface area contributed by atoms with Gasteiger partial charge in [-0.25, -0.2) is 4.79 Å². The molecule has 0 fully saturated rings. The van der Waals surface area contributed by atoms with Gasteiger partial charge in [-0.05, 0) is 38.6 Å². The Kier molecular flexibility index (Phi) is 4.33. The number of halogens is 3. The van der Waals surface area contributed by atoms with Gasteiger partial charge in [-0.1, -0.05) is 6.08 Å². The molecule has 2 aliphatic rings. The molecule has 0 bridgehead atoms. The van der Waals surface area contributed by atoms with Crippen LogP contribution in [0.1, 0.15) is 32.1 Å². The fourth-order valence-electron chi connectivity index (χ4n) is 3.17. The summed E-state index contributed by atoms with van der Waals surface area (Å²) in [4.78, 5) is 26.8. The zero-order valence-electron chi connectivity index (χ0n) is 14.6. The molecule has 1 aromatic rings. The number of carbonyl (C=O) groups is 2. The van der Waals surface area contributed by atoms with Crippen LogP contribution < -0.4 is 4.90 Å². The van der Waals surface area contributed by atoms with E-state index in [-0.39, 0.29) is 6.54 Å². The molecule has 1 spiro atoms. The van der Waals surface area contributed by atoms with Gasteiger partial charge >= 0.3 is 18.2 Å². The number of hydrogen-bond donors (Lipinski definition) is 0. The van der Waals surface area contributed by atoms with Crippen LogP contribution in [0.5, 0.6) is 0 Å². The van der Waals surface area contributed by atoms with Crippen molar-refractivity contribution in [1.82, 2.24) is 4.90 Å². The second-order valence-corrected chi connectivity index (χ2v) is 8.34. The van der Waals surface area contributed by atoms with Crippen LogP contribution in [0, 0.1) is 0 Å². The van der Waals surface area contributed by atoms with Crippen LogP contribution in [0.2, 0.25) is 0 Å². The molecule has 1 aromatic heterocycles. The van der Waals surface area contributed by atoms with Crippen molar-refractivity contribution in [2.45, 2.75) is 44.4 Å². The number of rotatable bonds is 0. The van der Waals surface area contributed by atoms with Gasteiger partial charge in [0.1, 0.15) is 5.60 Å². The number of alkyl halides is 3. The summed E-state index contributed by atoms with van der Waals surface area (Å²) in [6, 6.07) is 1.53. The van der Waals surface area contributed by atoms with Crippen molar-refractivity contribution < 1.29 is 27.5 Å². The van der Waals surface area contributed by atoms with E-state index < -0.39 is 29.2 Å². The summed E-state index contributed by atoms with van der Waals surface area (Å²) in [6.45, 7) is 5.50. The Morgan fingerprint density at radius 2 is 1.96 bits per heavy atom. The van der Waals surface area contributed by atoms with E-state index in [9.17, 15) is 22.8 Å². The van der Waals surface area contributed by atoms with Crippen molar-refractivity contribution in [1.29, 1.82) is 0 Å². The summed E-state index contributed by atoms with van der Waals surface area (Å²) in [5.74, 6) is -1.86. The van der Waals surface area contributed by atoms with Crippen molar-refractivity contribution in [3.8, 4) is 0 Å².